The summed E-state index contributed by atoms with van der Waals surface area (Å²) in [5.41, 5.74) is 3.59. The Hall–Kier alpha value is -1.40. The molecule has 1 aliphatic heterocycles. The van der Waals surface area contributed by atoms with Crippen LogP contribution in [0.5, 0.6) is 0 Å². The van der Waals surface area contributed by atoms with E-state index < -0.39 is 0 Å². The maximum atomic E-state index is 6.03. The van der Waals surface area contributed by atoms with Crippen LogP contribution in [0.15, 0.2) is 0 Å². The topological polar surface area (TPSA) is 85.1 Å². The number of rotatable bonds is 5. The van der Waals surface area contributed by atoms with Gasteiger partial charge in [0, 0.05) is 18.2 Å². The highest BCUT2D eigenvalue weighted by Crippen LogP contribution is 2.33. The quantitative estimate of drug-likeness (QED) is 0.571. The average molecular weight is 293 g/mol. The number of nitrogens with two attached hydrogens (primary N) is 1. The Bertz CT molecular complexity index is 487. The Morgan fingerprint density at radius 1 is 1.24 bits per heavy atom. The van der Waals surface area contributed by atoms with Crippen LogP contribution in [0.25, 0.3) is 0 Å². The molecule has 0 saturated carbocycles. The molecule has 1 unspecified atom stereocenters. The Balaban J connectivity index is 2.16. The highest BCUT2D eigenvalue weighted by molar-refractivity contribution is 5.57. The molecule has 21 heavy (non-hydrogen) atoms. The van der Waals surface area contributed by atoms with Crippen molar-refractivity contribution in [3.05, 3.63) is 11.4 Å². The Kier molecular flexibility index (Phi) is 5.00. The molecule has 1 atom stereocenters. The third kappa shape index (κ3) is 3.44. The van der Waals surface area contributed by atoms with Gasteiger partial charge in [-0.25, -0.2) is 15.8 Å². The highest BCUT2D eigenvalue weighted by atomic mass is 16.5. The first-order chi connectivity index (χ1) is 10.0. The van der Waals surface area contributed by atoms with Crippen molar-refractivity contribution in [3.63, 3.8) is 0 Å². The van der Waals surface area contributed by atoms with E-state index in [4.69, 9.17) is 10.6 Å². The molecule has 1 aromatic rings. The molecular weight excluding hydrogens is 266 g/mol. The standard InChI is InChI=1S/C15H27N5O/c1-5-15(6-2)9-12(7-8-21-15)19-13-10(3)14(20-16)18-11(4)17-13/h12H,5-9,16H2,1-4H3,(H2,17,18,19,20). The zero-order chi connectivity index (χ0) is 15.5. The summed E-state index contributed by atoms with van der Waals surface area (Å²) in [5, 5.41) is 3.56. The molecule has 0 aliphatic carbocycles. The van der Waals surface area contributed by atoms with E-state index in [9.17, 15) is 0 Å². The normalized spacial score (nSPS) is 21.1. The van der Waals surface area contributed by atoms with Crippen LogP contribution in [0.1, 0.15) is 50.9 Å². The zero-order valence-corrected chi connectivity index (χ0v) is 13.5. The zero-order valence-electron chi connectivity index (χ0n) is 13.5. The minimum absolute atomic E-state index is 0.000837. The Morgan fingerprint density at radius 3 is 2.52 bits per heavy atom. The van der Waals surface area contributed by atoms with Gasteiger partial charge in [-0.3, -0.25) is 0 Å². The maximum absolute atomic E-state index is 6.03. The van der Waals surface area contributed by atoms with Crippen LogP contribution in [-0.2, 0) is 4.74 Å². The maximum Gasteiger partial charge on any atom is 0.148 e. The van der Waals surface area contributed by atoms with Crippen LogP contribution in [0, 0.1) is 13.8 Å². The molecule has 0 bridgehead atoms. The van der Waals surface area contributed by atoms with Crippen molar-refractivity contribution in [2.45, 2.75) is 65.0 Å². The minimum Gasteiger partial charge on any atom is -0.375 e. The predicted octanol–water partition coefficient (Wildman–Crippen LogP) is 2.53. The number of nitrogens with one attached hydrogen (secondary N) is 2. The molecule has 1 aliphatic rings. The van der Waals surface area contributed by atoms with E-state index >= 15 is 0 Å². The van der Waals surface area contributed by atoms with Crippen molar-refractivity contribution in [3.8, 4) is 0 Å². The smallest absolute Gasteiger partial charge is 0.148 e. The van der Waals surface area contributed by atoms with Crippen molar-refractivity contribution >= 4 is 11.6 Å². The van der Waals surface area contributed by atoms with Crippen LogP contribution < -0.4 is 16.6 Å². The third-order valence-electron chi connectivity index (χ3n) is 4.52. The van der Waals surface area contributed by atoms with Gasteiger partial charge in [0.05, 0.1) is 5.60 Å². The van der Waals surface area contributed by atoms with Gasteiger partial charge >= 0.3 is 0 Å². The lowest BCUT2D eigenvalue weighted by Crippen LogP contribution is -2.43. The second kappa shape index (κ2) is 6.58. The minimum atomic E-state index is 0.000837. The summed E-state index contributed by atoms with van der Waals surface area (Å²) in [5.74, 6) is 7.77. The molecule has 1 saturated heterocycles. The van der Waals surface area contributed by atoms with Crippen LogP contribution >= 0.6 is 0 Å². The van der Waals surface area contributed by atoms with Crippen molar-refractivity contribution < 1.29 is 4.74 Å². The second-order valence-electron chi connectivity index (χ2n) is 5.81. The van der Waals surface area contributed by atoms with E-state index in [1.165, 1.54) is 0 Å². The lowest BCUT2D eigenvalue weighted by Gasteiger charge is -2.40. The molecular formula is C15H27N5O. The van der Waals surface area contributed by atoms with Gasteiger partial charge in [-0.1, -0.05) is 13.8 Å². The fourth-order valence-electron chi connectivity index (χ4n) is 3.00. The molecule has 0 radical (unpaired) electrons. The molecule has 1 fully saturated rings. The fraction of sp³-hybridized carbons (Fsp3) is 0.733. The summed E-state index contributed by atoms with van der Waals surface area (Å²) < 4.78 is 6.03. The van der Waals surface area contributed by atoms with Gasteiger partial charge in [0.15, 0.2) is 0 Å². The monoisotopic (exact) mass is 293 g/mol. The van der Waals surface area contributed by atoms with Crippen molar-refractivity contribution in [2.24, 2.45) is 5.84 Å². The van der Waals surface area contributed by atoms with E-state index in [1.807, 2.05) is 13.8 Å². The van der Waals surface area contributed by atoms with E-state index in [0.29, 0.717) is 17.7 Å². The number of ether oxygens (including phenoxy) is 1. The average Bonchev–Trinajstić information content (AvgIpc) is 2.50. The number of aryl methyl sites for hydroxylation is 1. The highest BCUT2D eigenvalue weighted by Gasteiger charge is 2.34. The van der Waals surface area contributed by atoms with Crippen LogP contribution in [0.3, 0.4) is 0 Å². The van der Waals surface area contributed by atoms with Gasteiger partial charge in [0.1, 0.15) is 17.5 Å². The molecule has 0 aromatic carbocycles. The third-order valence-corrected chi connectivity index (χ3v) is 4.52. The van der Waals surface area contributed by atoms with Crippen LogP contribution in [0.2, 0.25) is 0 Å². The molecule has 0 spiro atoms. The van der Waals surface area contributed by atoms with Crippen molar-refractivity contribution in [2.75, 3.05) is 17.3 Å². The first-order valence-electron chi connectivity index (χ1n) is 7.76. The largest absolute Gasteiger partial charge is 0.375 e. The molecule has 118 valence electrons. The van der Waals surface area contributed by atoms with Crippen molar-refractivity contribution in [1.29, 1.82) is 0 Å². The molecule has 2 rings (SSSR count). The molecule has 0 amide bonds. The van der Waals surface area contributed by atoms with Gasteiger partial charge in [-0.05, 0) is 39.5 Å². The van der Waals surface area contributed by atoms with Gasteiger partial charge in [-0.15, -0.1) is 0 Å². The summed E-state index contributed by atoms with van der Waals surface area (Å²) in [6.45, 7) is 9.04. The summed E-state index contributed by atoms with van der Waals surface area (Å²) in [6.07, 6.45) is 4.08. The molecule has 4 N–H and O–H groups in total. The van der Waals surface area contributed by atoms with Crippen LogP contribution in [-0.4, -0.2) is 28.2 Å². The number of hydrogen-bond donors (Lipinski definition) is 3. The molecule has 2 heterocycles. The SMILES string of the molecule is CCC1(CC)CC(Nc2nc(C)nc(NN)c2C)CCO1. The Morgan fingerprint density at radius 2 is 1.90 bits per heavy atom. The first-order valence-corrected chi connectivity index (χ1v) is 7.76. The van der Waals surface area contributed by atoms with E-state index in [2.05, 4.69) is 34.6 Å². The molecule has 1 aromatic heterocycles. The number of aromatic nitrogens is 2. The van der Waals surface area contributed by atoms with E-state index in [0.717, 1.165) is 43.7 Å². The predicted molar refractivity (Wildman–Crippen MR) is 85.2 cm³/mol. The lowest BCUT2D eigenvalue weighted by molar-refractivity contribution is -0.0864. The van der Waals surface area contributed by atoms with Gasteiger partial charge < -0.3 is 15.5 Å². The van der Waals surface area contributed by atoms with Crippen LogP contribution in [0.4, 0.5) is 11.6 Å². The number of hydrazine groups is 1. The number of nitrogens with zero attached hydrogens (tertiary/aromatic N) is 2. The lowest BCUT2D eigenvalue weighted by atomic mass is 9.86. The molecule has 6 heteroatoms. The summed E-state index contributed by atoms with van der Waals surface area (Å²) >= 11 is 0. The van der Waals surface area contributed by atoms with E-state index in [1.54, 1.807) is 0 Å². The van der Waals surface area contributed by atoms with Crippen molar-refractivity contribution in [1.82, 2.24) is 9.97 Å². The summed E-state index contributed by atoms with van der Waals surface area (Å²) in [6, 6.07) is 0.372. The Labute approximate surface area is 126 Å². The summed E-state index contributed by atoms with van der Waals surface area (Å²) in [4.78, 5) is 8.81. The van der Waals surface area contributed by atoms with Gasteiger partial charge in [0.2, 0.25) is 0 Å². The van der Waals surface area contributed by atoms with E-state index in [-0.39, 0.29) is 5.60 Å². The number of hydrogen-bond acceptors (Lipinski definition) is 6. The van der Waals surface area contributed by atoms with Gasteiger partial charge in [0.25, 0.3) is 0 Å². The fourth-order valence-corrected chi connectivity index (χ4v) is 3.00. The second-order valence-corrected chi connectivity index (χ2v) is 5.81. The van der Waals surface area contributed by atoms with Gasteiger partial charge in [-0.2, -0.15) is 0 Å². The number of nitrogen functional groups attached to an aromatic ring is 1. The first kappa shape index (κ1) is 16.0. The summed E-state index contributed by atoms with van der Waals surface area (Å²) in [7, 11) is 0. The molecule has 6 nitrogen and oxygen atoms in total. The number of anilines is 2.